The molecule has 0 spiro atoms. The summed E-state index contributed by atoms with van der Waals surface area (Å²) < 4.78 is 0. The van der Waals surface area contributed by atoms with Gasteiger partial charge in [-0.1, -0.05) is 81.8 Å². The lowest BCUT2D eigenvalue weighted by atomic mass is 9.80. The van der Waals surface area contributed by atoms with Gasteiger partial charge in [0.1, 0.15) is 0 Å². The molecule has 0 saturated heterocycles. The van der Waals surface area contributed by atoms with E-state index in [1.54, 1.807) is 0 Å². The van der Waals surface area contributed by atoms with Crippen LogP contribution in [0, 0.1) is 13.8 Å². The number of benzene rings is 4. The lowest BCUT2D eigenvalue weighted by Gasteiger charge is -2.23. The Morgan fingerprint density at radius 1 is 0.607 bits per heavy atom. The van der Waals surface area contributed by atoms with E-state index in [4.69, 9.17) is 0 Å². The predicted molar refractivity (Wildman–Crippen MR) is 124 cm³/mol. The number of fused-ring (bicyclic) bond motifs is 4. The monoisotopic (exact) mass is 364 g/mol. The lowest BCUT2D eigenvalue weighted by Crippen LogP contribution is -2.01. The molecule has 0 heterocycles. The number of aryl methyl sites for hydroxylation is 2. The van der Waals surface area contributed by atoms with Crippen molar-refractivity contribution in [2.45, 2.75) is 53.4 Å². The van der Waals surface area contributed by atoms with Crippen LogP contribution in [0.5, 0.6) is 0 Å². The van der Waals surface area contributed by atoms with Crippen LogP contribution in [-0.2, 0) is 0 Å². The van der Waals surface area contributed by atoms with Crippen molar-refractivity contribution in [1.29, 1.82) is 0 Å². The molecule has 1 aliphatic carbocycles. The van der Waals surface area contributed by atoms with Crippen LogP contribution in [0.25, 0.3) is 43.8 Å². The van der Waals surface area contributed by atoms with E-state index in [-0.39, 0.29) is 0 Å². The molecule has 0 fully saturated rings. The molecule has 0 atom stereocenters. The van der Waals surface area contributed by atoms with E-state index in [1.165, 1.54) is 66.1 Å². The van der Waals surface area contributed by atoms with Crippen molar-refractivity contribution in [3.8, 4) is 22.3 Å². The minimum Gasteiger partial charge on any atom is -0.0610 e. The van der Waals surface area contributed by atoms with E-state index < -0.39 is 0 Å². The molecule has 1 aliphatic rings. The molecule has 28 heavy (non-hydrogen) atoms. The first-order chi connectivity index (χ1) is 13.4. The summed E-state index contributed by atoms with van der Waals surface area (Å²) >= 11 is 0. The van der Waals surface area contributed by atoms with Gasteiger partial charge in [0.2, 0.25) is 0 Å². The summed E-state index contributed by atoms with van der Waals surface area (Å²) in [6.07, 6.45) is 0. The standard InChI is InChI=1S/C28H28/c1-15(2)24-20-12-10-17(5)14-23(20)25(16(3)4)28-22-13-11-18(6)19-8-7-9-21(26(19)22)27(24)28/h7-16H,1-6H3. The zero-order valence-corrected chi connectivity index (χ0v) is 17.8. The SMILES string of the molecule is Cc1ccc2c(C(C)C)c3c(c(C(C)C)c2c1)-c1ccc(C)c2cccc-3c12. The van der Waals surface area contributed by atoms with Gasteiger partial charge in [0.15, 0.2) is 0 Å². The van der Waals surface area contributed by atoms with Gasteiger partial charge in [-0.2, -0.15) is 0 Å². The Bertz CT molecular complexity index is 1270. The van der Waals surface area contributed by atoms with Crippen LogP contribution >= 0.6 is 0 Å². The molecule has 0 unspecified atom stereocenters. The van der Waals surface area contributed by atoms with Crippen LogP contribution in [0.15, 0.2) is 48.5 Å². The summed E-state index contributed by atoms with van der Waals surface area (Å²) in [6, 6.07) is 18.6. The van der Waals surface area contributed by atoms with Crippen LogP contribution in [-0.4, -0.2) is 0 Å². The predicted octanol–water partition coefficient (Wildman–Crippen LogP) is 8.50. The highest BCUT2D eigenvalue weighted by Crippen LogP contribution is 2.55. The number of rotatable bonds is 2. The maximum atomic E-state index is 2.41. The average Bonchev–Trinajstić information content (AvgIpc) is 2.97. The lowest BCUT2D eigenvalue weighted by molar-refractivity contribution is 0.864. The fourth-order valence-electron chi connectivity index (χ4n) is 5.38. The Morgan fingerprint density at radius 3 is 1.93 bits per heavy atom. The normalized spacial score (nSPS) is 12.6. The van der Waals surface area contributed by atoms with Crippen molar-refractivity contribution in [3.05, 3.63) is 70.8 Å². The van der Waals surface area contributed by atoms with Crippen molar-refractivity contribution in [2.24, 2.45) is 0 Å². The summed E-state index contributed by atoms with van der Waals surface area (Å²) in [5.41, 5.74) is 11.6. The smallest absolute Gasteiger partial charge is 0.00235 e. The second-order valence-corrected chi connectivity index (χ2v) is 9.09. The van der Waals surface area contributed by atoms with Gasteiger partial charge in [-0.05, 0) is 86.2 Å². The molecule has 0 nitrogen and oxygen atoms in total. The topological polar surface area (TPSA) is 0 Å². The zero-order valence-electron chi connectivity index (χ0n) is 17.8. The van der Waals surface area contributed by atoms with Crippen LogP contribution in [0.4, 0.5) is 0 Å². The summed E-state index contributed by atoms with van der Waals surface area (Å²) in [5.74, 6) is 0.954. The van der Waals surface area contributed by atoms with Gasteiger partial charge in [0.25, 0.3) is 0 Å². The largest absolute Gasteiger partial charge is 0.0610 e. The molecular weight excluding hydrogens is 336 g/mol. The second kappa shape index (κ2) is 5.95. The van der Waals surface area contributed by atoms with Crippen molar-refractivity contribution < 1.29 is 0 Å². The molecular formula is C28H28. The molecule has 0 N–H and O–H groups in total. The van der Waals surface area contributed by atoms with Crippen molar-refractivity contribution in [3.63, 3.8) is 0 Å². The number of hydrogen-bond acceptors (Lipinski definition) is 0. The minimum absolute atomic E-state index is 0.477. The Morgan fingerprint density at radius 2 is 1.25 bits per heavy atom. The Kier molecular flexibility index (Phi) is 3.72. The van der Waals surface area contributed by atoms with E-state index >= 15 is 0 Å². The maximum absolute atomic E-state index is 2.41. The van der Waals surface area contributed by atoms with E-state index in [0.717, 1.165) is 0 Å². The molecule has 0 bridgehead atoms. The quantitative estimate of drug-likeness (QED) is 0.294. The molecule has 0 saturated carbocycles. The van der Waals surface area contributed by atoms with Gasteiger partial charge in [0.05, 0.1) is 0 Å². The average molecular weight is 365 g/mol. The van der Waals surface area contributed by atoms with Gasteiger partial charge in [-0.15, -0.1) is 0 Å². The first-order valence-corrected chi connectivity index (χ1v) is 10.5. The molecule has 0 aliphatic heterocycles. The van der Waals surface area contributed by atoms with Crippen molar-refractivity contribution in [1.82, 2.24) is 0 Å². The number of hydrogen-bond donors (Lipinski definition) is 0. The van der Waals surface area contributed by atoms with Crippen LogP contribution in [0.2, 0.25) is 0 Å². The Balaban J connectivity index is 2.10. The summed E-state index contributed by atoms with van der Waals surface area (Å²) in [5, 5.41) is 5.73. The van der Waals surface area contributed by atoms with Gasteiger partial charge in [0, 0.05) is 0 Å². The summed E-state index contributed by atoms with van der Waals surface area (Å²) in [4.78, 5) is 0. The first kappa shape index (κ1) is 17.5. The Labute approximate surface area is 168 Å². The maximum Gasteiger partial charge on any atom is -0.00235 e. The zero-order chi connectivity index (χ0) is 19.7. The van der Waals surface area contributed by atoms with E-state index in [2.05, 4.69) is 90.1 Å². The van der Waals surface area contributed by atoms with Gasteiger partial charge in [-0.25, -0.2) is 0 Å². The molecule has 0 radical (unpaired) electrons. The van der Waals surface area contributed by atoms with Crippen LogP contribution < -0.4 is 0 Å². The molecule has 0 heteroatoms. The van der Waals surface area contributed by atoms with Gasteiger partial charge < -0.3 is 0 Å². The summed E-state index contributed by atoms with van der Waals surface area (Å²) in [6.45, 7) is 13.8. The van der Waals surface area contributed by atoms with Crippen LogP contribution in [0.1, 0.15) is 61.8 Å². The Hall–Kier alpha value is -2.60. The first-order valence-electron chi connectivity index (χ1n) is 10.5. The third-order valence-corrected chi connectivity index (χ3v) is 6.50. The van der Waals surface area contributed by atoms with E-state index in [0.29, 0.717) is 11.8 Å². The highest BCUT2D eigenvalue weighted by atomic mass is 14.3. The summed E-state index contributed by atoms with van der Waals surface area (Å²) in [7, 11) is 0. The minimum atomic E-state index is 0.477. The molecule has 0 aromatic heterocycles. The van der Waals surface area contributed by atoms with Gasteiger partial charge in [-0.3, -0.25) is 0 Å². The van der Waals surface area contributed by atoms with Crippen LogP contribution in [0.3, 0.4) is 0 Å². The highest BCUT2D eigenvalue weighted by Gasteiger charge is 2.31. The third-order valence-electron chi connectivity index (χ3n) is 6.50. The molecule has 5 rings (SSSR count). The molecule has 140 valence electrons. The molecule has 0 amide bonds. The second-order valence-electron chi connectivity index (χ2n) is 9.09. The van der Waals surface area contributed by atoms with Crippen molar-refractivity contribution in [2.75, 3.05) is 0 Å². The fraction of sp³-hybridized carbons (Fsp3) is 0.286. The van der Waals surface area contributed by atoms with Gasteiger partial charge >= 0.3 is 0 Å². The van der Waals surface area contributed by atoms with Crippen molar-refractivity contribution >= 4 is 21.5 Å². The third kappa shape index (κ3) is 2.18. The van der Waals surface area contributed by atoms with E-state index in [9.17, 15) is 0 Å². The molecule has 4 aromatic carbocycles. The fourth-order valence-corrected chi connectivity index (χ4v) is 5.38. The van der Waals surface area contributed by atoms with E-state index in [1.807, 2.05) is 0 Å². The molecule has 4 aromatic rings. The highest BCUT2D eigenvalue weighted by molar-refractivity contribution is 6.20.